The Morgan fingerprint density at radius 3 is 2.84 bits per heavy atom. The second kappa shape index (κ2) is 7.20. The molecule has 1 unspecified atom stereocenters. The van der Waals surface area contributed by atoms with Gasteiger partial charge < -0.3 is 20.6 Å². The molecular formula is C24H25N7O. The van der Waals surface area contributed by atoms with Gasteiger partial charge in [0.15, 0.2) is 6.29 Å². The molecule has 0 radical (unpaired) electrons. The van der Waals surface area contributed by atoms with Crippen LogP contribution in [0.1, 0.15) is 57.1 Å². The molecule has 2 aliphatic heterocycles. The van der Waals surface area contributed by atoms with Gasteiger partial charge in [-0.2, -0.15) is 5.43 Å². The molecule has 1 amide bonds. The Kier molecular flexibility index (Phi) is 4.29. The number of aryl methyl sites for hydroxylation is 1. The monoisotopic (exact) mass is 427 g/mol. The van der Waals surface area contributed by atoms with Crippen molar-refractivity contribution in [3.05, 3.63) is 76.4 Å². The smallest absolute Gasteiger partial charge is 0.251 e. The lowest BCUT2D eigenvalue weighted by Crippen LogP contribution is -2.39. The molecule has 1 saturated carbocycles. The molecule has 1 aromatic heterocycles. The lowest BCUT2D eigenvalue weighted by atomic mass is 10.0. The van der Waals surface area contributed by atoms with Crippen molar-refractivity contribution in [1.82, 2.24) is 25.7 Å². The summed E-state index contributed by atoms with van der Waals surface area (Å²) < 4.78 is 2.11. The highest BCUT2D eigenvalue weighted by Gasteiger charge is 2.26. The number of nitrogens with one attached hydrogen (secondary N) is 4. The predicted octanol–water partition coefficient (Wildman–Crippen LogP) is 2.86. The minimum atomic E-state index is -0.304. The van der Waals surface area contributed by atoms with E-state index in [1.54, 1.807) is 0 Å². The Morgan fingerprint density at radius 2 is 2.03 bits per heavy atom. The van der Waals surface area contributed by atoms with Gasteiger partial charge in [-0.05, 0) is 73.7 Å². The van der Waals surface area contributed by atoms with E-state index in [1.807, 2.05) is 25.4 Å². The number of nitrogens with zero attached hydrogens (tertiary/aromatic N) is 3. The number of amides is 1. The number of hydrogen-bond acceptors (Lipinski definition) is 6. The van der Waals surface area contributed by atoms with E-state index < -0.39 is 0 Å². The first-order chi connectivity index (χ1) is 15.6. The summed E-state index contributed by atoms with van der Waals surface area (Å²) in [4.78, 5) is 21.2. The maximum absolute atomic E-state index is 11.9. The number of imidazole rings is 1. The summed E-state index contributed by atoms with van der Waals surface area (Å²) in [5.41, 5.74) is 14.7. The fourth-order valence-electron chi connectivity index (χ4n) is 4.46. The zero-order chi connectivity index (χ0) is 21.8. The minimum Gasteiger partial charge on any atom is -0.350 e. The fraction of sp³-hybridized carbons (Fsp3) is 0.292. The van der Waals surface area contributed by atoms with Crippen LogP contribution < -0.4 is 21.5 Å². The molecule has 2 aromatic carbocycles. The first-order valence-electron chi connectivity index (χ1n) is 11.0. The van der Waals surface area contributed by atoms with Crippen molar-refractivity contribution >= 4 is 17.4 Å². The van der Waals surface area contributed by atoms with E-state index in [2.05, 4.69) is 62.4 Å². The molecule has 0 spiro atoms. The highest BCUT2D eigenvalue weighted by atomic mass is 16.1. The first-order valence-corrected chi connectivity index (χ1v) is 11.0. The van der Waals surface area contributed by atoms with Crippen LogP contribution in [0.5, 0.6) is 0 Å². The van der Waals surface area contributed by atoms with Crippen molar-refractivity contribution < 1.29 is 4.79 Å². The van der Waals surface area contributed by atoms with Crippen molar-refractivity contribution in [2.75, 3.05) is 5.32 Å². The van der Waals surface area contributed by atoms with Crippen molar-refractivity contribution in [3.8, 4) is 5.69 Å². The van der Waals surface area contributed by atoms with Crippen molar-refractivity contribution in [3.63, 3.8) is 0 Å². The fourth-order valence-corrected chi connectivity index (χ4v) is 4.46. The molecule has 32 heavy (non-hydrogen) atoms. The third-order valence-corrected chi connectivity index (χ3v) is 6.49. The highest BCUT2D eigenvalue weighted by molar-refractivity contribution is 6.00. The van der Waals surface area contributed by atoms with Gasteiger partial charge >= 0.3 is 0 Å². The zero-order valence-electron chi connectivity index (χ0n) is 18.1. The van der Waals surface area contributed by atoms with Gasteiger partial charge in [-0.3, -0.25) is 4.79 Å². The molecule has 6 rings (SSSR count). The van der Waals surface area contributed by atoms with Gasteiger partial charge in [0.25, 0.3) is 5.91 Å². The largest absolute Gasteiger partial charge is 0.350 e. The minimum absolute atomic E-state index is 0.00566. The second-order valence-corrected chi connectivity index (χ2v) is 8.72. The van der Waals surface area contributed by atoms with E-state index in [4.69, 9.17) is 4.99 Å². The molecule has 8 heteroatoms. The Labute approximate surface area is 186 Å². The number of hydrogen-bond donors (Lipinski definition) is 4. The van der Waals surface area contributed by atoms with Crippen LogP contribution in [0, 0.1) is 13.8 Å². The molecule has 1 fully saturated rings. The number of carbonyl (C=O) groups is 1. The zero-order valence-corrected chi connectivity index (χ0v) is 18.1. The molecular weight excluding hydrogens is 402 g/mol. The number of benzene rings is 2. The molecule has 3 aliphatic rings. The number of hydrazine groups is 1. The van der Waals surface area contributed by atoms with Crippen LogP contribution in [-0.4, -0.2) is 27.6 Å². The van der Waals surface area contributed by atoms with Crippen molar-refractivity contribution in [1.29, 1.82) is 0 Å². The summed E-state index contributed by atoms with van der Waals surface area (Å²) >= 11 is 0. The molecule has 1 atom stereocenters. The normalized spacial score (nSPS) is 19.4. The highest BCUT2D eigenvalue weighted by Crippen LogP contribution is 2.39. The molecule has 8 nitrogen and oxygen atoms in total. The molecule has 4 N–H and O–H groups in total. The van der Waals surface area contributed by atoms with E-state index in [1.165, 1.54) is 18.5 Å². The Balaban J connectivity index is 1.20. The Bertz CT molecular complexity index is 1270. The van der Waals surface area contributed by atoms with Gasteiger partial charge in [-0.25, -0.2) is 9.98 Å². The summed E-state index contributed by atoms with van der Waals surface area (Å²) in [5.74, 6) is 1.43. The van der Waals surface area contributed by atoms with Crippen molar-refractivity contribution in [2.24, 2.45) is 4.99 Å². The first kappa shape index (κ1) is 19.1. The van der Waals surface area contributed by atoms with Crippen LogP contribution in [0.3, 0.4) is 0 Å². The van der Waals surface area contributed by atoms with Gasteiger partial charge in [0.2, 0.25) is 0 Å². The van der Waals surface area contributed by atoms with Gasteiger partial charge in [0.1, 0.15) is 5.84 Å². The van der Waals surface area contributed by atoms with Crippen LogP contribution >= 0.6 is 0 Å². The van der Waals surface area contributed by atoms with Crippen molar-refractivity contribution in [2.45, 2.75) is 45.4 Å². The SMILES string of the molecule is Cc1cc(C2=NC(Nc3ccc4c(c3C)CNC4=O)NN2)ccc1-n1cnc(C2CC2)c1. The van der Waals surface area contributed by atoms with Gasteiger partial charge in [0.05, 0.1) is 12.0 Å². The van der Waals surface area contributed by atoms with E-state index in [0.29, 0.717) is 12.5 Å². The maximum atomic E-state index is 11.9. The molecule has 3 aromatic rings. The van der Waals surface area contributed by atoms with Gasteiger partial charge in [-0.1, -0.05) is 0 Å². The third-order valence-electron chi connectivity index (χ3n) is 6.49. The number of aliphatic imine (C=N–C) groups is 1. The Morgan fingerprint density at radius 1 is 1.16 bits per heavy atom. The van der Waals surface area contributed by atoms with Gasteiger partial charge in [0, 0.05) is 41.2 Å². The summed E-state index contributed by atoms with van der Waals surface area (Å²) in [7, 11) is 0. The predicted molar refractivity (Wildman–Crippen MR) is 123 cm³/mol. The number of amidine groups is 1. The average Bonchev–Trinajstić information content (AvgIpc) is 3.18. The van der Waals surface area contributed by atoms with Crippen LogP contribution in [0.4, 0.5) is 5.69 Å². The third kappa shape index (κ3) is 3.23. The lowest BCUT2D eigenvalue weighted by molar-refractivity contribution is 0.0966. The second-order valence-electron chi connectivity index (χ2n) is 8.72. The Hall–Kier alpha value is -3.65. The standard InChI is InChI=1S/C24H25N7O/c1-13-9-16(5-8-21(13)31-11-20(26-12-31)15-3-4-15)22-28-24(30-29-22)27-19-7-6-17-18(14(19)2)10-25-23(17)32/h5-9,11-12,15,24,27,30H,3-4,10H2,1-2H3,(H,25,32)(H,28,29). The number of rotatable bonds is 5. The molecule has 0 saturated heterocycles. The molecule has 0 bridgehead atoms. The number of aromatic nitrogens is 2. The molecule has 1 aliphatic carbocycles. The summed E-state index contributed by atoms with van der Waals surface area (Å²) in [6, 6.07) is 10.1. The van der Waals surface area contributed by atoms with Crippen LogP contribution in [0.2, 0.25) is 0 Å². The number of carbonyl (C=O) groups excluding carboxylic acids is 1. The van der Waals surface area contributed by atoms with Crippen LogP contribution in [0.15, 0.2) is 47.8 Å². The topological polar surface area (TPSA) is 95.4 Å². The summed E-state index contributed by atoms with van der Waals surface area (Å²) in [5, 5.41) is 6.29. The number of fused-ring (bicyclic) bond motifs is 1. The van der Waals surface area contributed by atoms with E-state index >= 15 is 0 Å². The van der Waals surface area contributed by atoms with Crippen LogP contribution in [0.25, 0.3) is 5.69 Å². The summed E-state index contributed by atoms with van der Waals surface area (Å²) in [6.07, 6.45) is 6.26. The van der Waals surface area contributed by atoms with E-state index in [0.717, 1.165) is 45.0 Å². The van der Waals surface area contributed by atoms with Gasteiger partial charge in [-0.15, -0.1) is 0 Å². The molecule has 162 valence electrons. The molecule has 3 heterocycles. The quantitative estimate of drug-likeness (QED) is 0.502. The lowest BCUT2D eigenvalue weighted by Gasteiger charge is -2.15. The summed E-state index contributed by atoms with van der Waals surface area (Å²) in [6.45, 7) is 4.71. The number of anilines is 1. The van der Waals surface area contributed by atoms with E-state index in [-0.39, 0.29) is 12.2 Å². The van der Waals surface area contributed by atoms with Crippen LogP contribution in [-0.2, 0) is 6.54 Å². The van der Waals surface area contributed by atoms with E-state index in [9.17, 15) is 4.79 Å². The maximum Gasteiger partial charge on any atom is 0.251 e. The average molecular weight is 428 g/mol.